The summed E-state index contributed by atoms with van der Waals surface area (Å²) in [7, 11) is 1.69. The van der Waals surface area contributed by atoms with Crippen LogP contribution in [0.1, 0.15) is 24.8 Å². The van der Waals surface area contributed by atoms with Gasteiger partial charge in [-0.05, 0) is 36.0 Å². The molecule has 0 bridgehead atoms. The predicted octanol–water partition coefficient (Wildman–Crippen LogP) is 3.81. The van der Waals surface area contributed by atoms with Crippen molar-refractivity contribution in [2.45, 2.75) is 25.7 Å². The number of hydrogen-bond acceptors (Lipinski definition) is 1. The highest BCUT2D eigenvalue weighted by Gasteiger charge is 2.00. The van der Waals surface area contributed by atoms with Crippen LogP contribution in [-0.4, -0.2) is 13.0 Å². The first-order chi connectivity index (χ1) is 9.79. The van der Waals surface area contributed by atoms with E-state index in [4.69, 9.17) is 0 Å². The average molecular weight is 267 g/mol. The van der Waals surface area contributed by atoms with E-state index >= 15 is 0 Å². The number of rotatable bonds is 6. The Hall–Kier alpha value is -2.09. The van der Waals surface area contributed by atoms with Gasteiger partial charge in [-0.15, -0.1) is 0 Å². The monoisotopic (exact) mass is 267 g/mol. The van der Waals surface area contributed by atoms with Gasteiger partial charge >= 0.3 is 0 Å². The first-order valence-corrected chi connectivity index (χ1v) is 7.14. The molecule has 0 heterocycles. The molecule has 0 aliphatic rings. The fourth-order valence-electron chi connectivity index (χ4n) is 2.23. The van der Waals surface area contributed by atoms with Crippen molar-refractivity contribution in [3.63, 3.8) is 0 Å². The smallest absolute Gasteiger partial charge is 0.219 e. The van der Waals surface area contributed by atoms with E-state index in [1.54, 1.807) is 7.05 Å². The number of amides is 1. The minimum atomic E-state index is 0.129. The van der Waals surface area contributed by atoms with Gasteiger partial charge in [0.1, 0.15) is 0 Å². The van der Waals surface area contributed by atoms with E-state index in [2.05, 4.69) is 53.8 Å². The molecule has 0 saturated heterocycles. The highest BCUT2D eigenvalue weighted by Crippen LogP contribution is 2.19. The maximum absolute atomic E-state index is 11.1. The maximum Gasteiger partial charge on any atom is 0.219 e. The fourth-order valence-corrected chi connectivity index (χ4v) is 2.23. The topological polar surface area (TPSA) is 29.1 Å². The standard InChI is InChI=1S/C18H21NO/c1-19-18(20)10-6-5-7-15-11-13-17(14-12-15)16-8-3-2-4-9-16/h2-4,8-9,11-14H,5-7,10H2,1H3,(H,19,20). The van der Waals surface area contributed by atoms with Crippen molar-refractivity contribution in [3.05, 3.63) is 60.2 Å². The van der Waals surface area contributed by atoms with Crippen molar-refractivity contribution in [3.8, 4) is 11.1 Å². The van der Waals surface area contributed by atoms with E-state index in [0.717, 1.165) is 19.3 Å². The molecule has 104 valence electrons. The van der Waals surface area contributed by atoms with Gasteiger partial charge in [0.25, 0.3) is 0 Å². The predicted molar refractivity (Wildman–Crippen MR) is 83.5 cm³/mol. The second-order valence-corrected chi connectivity index (χ2v) is 4.94. The second kappa shape index (κ2) is 7.49. The van der Waals surface area contributed by atoms with Gasteiger partial charge in [0.2, 0.25) is 5.91 Å². The van der Waals surface area contributed by atoms with Crippen molar-refractivity contribution in [1.29, 1.82) is 0 Å². The number of benzene rings is 2. The Morgan fingerprint density at radius 3 is 2.20 bits per heavy atom. The van der Waals surface area contributed by atoms with Crippen LogP contribution in [0.3, 0.4) is 0 Å². The maximum atomic E-state index is 11.1. The molecule has 0 atom stereocenters. The van der Waals surface area contributed by atoms with Crippen LogP contribution in [-0.2, 0) is 11.2 Å². The summed E-state index contributed by atoms with van der Waals surface area (Å²) in [5, 5.41) is 2.65. The lowest BCUT2D eigenvalue weighted by Gasteiger charge is -2.05. The normalized spacial score (nSPS) is 10.2. The Morgan fingerprint density at radius 1 is 0.900 bits per heavy atom. The van der Waals surface area contributed by atoms with Crippen LogP contribution in [0, 0.1) is 0 Å². The molecule has 0 aromatic heterocycles. The molecule has 0 spiro atoms. The lowest BCUT2D eigenvalue weighted by molar-refractivity contribution is -0.120. The minimum Gasteiger partial charge on any atom is -0.359 e. The summed E-state index contributed by atoms with van der Waals surface area (Å²) in [6, 6.07) is 19.1. The molecule has 2 rings (SSSR count). The third-order valence-electron chi connectivity index (χ3n) is 3.46. The third-order valence-corrected chi connectivity index (χ3v) is 3.46. The van der Waals surface area contributed by atoms with Crippen molar-refractivity contribution >= 4 is 5.91 Å². The first-order valence-electron chi connectivity index (χ1n) is 7.14. The highest BCUT2D eigenvalue weighted by molar-refractivity contribution is 5.75. The van der Waals surface area contributed by atoms with E-state index in [0.29, 0.717) is 6.42 Å². The highest BCUT2D eigenvalue weighted by atomic mass is 16.1. The Kier molecular flexibility index (Phi) is 5.36. The Labute approximate surface area is 120 Å². The van der Waals surface area contributed by atoms with Gasteiger partial charge in [-0.3, -0.25) is 4.79 Å². The van der Waals surface area contributed by atoms with E-state index in [1.165, 1.54) is 16.7 Å². The van der Waals surface area contributed by atoms with Crippen LogP contribution < -0.4 is 5.32 Å². The molecule has 2 aromatic carbocycles. The van der Waals surface area contributed by atoms with E-state index < -0.39 is 0 Å². The van der Waals surface area contributed by atoms with Gasteiger partial charge in [0, 0.05) is 13.5 Å². The Morgan fingerprint density at radius 2 is 1.55 bits per heavy atom. The van der Waals surface area contributed by atoms with Gasteiger partial charge in [-0.1, -0.05) is 54.6 Å². The summed E-state index contributed by atoms with van der Waals surface area (Å²) < 4.78 is 0. The van der Waals surface area contributed by atoms with Crippen LogP contribution in [0.15, 0.2) is 54.6 Å². The van der Waals surface area contributed by atoms with Crippen LogP contribution in [0.2, 0.25) is 0 Å². The zero-order chi connectivity index (χ0) is 14.2. The molecule has 1 N–H and O–H groups in total. The molecule has 0 aliphatic carbocycles. The fraction of sp³-hybridized carbons (Fsp3) is 0.278. The SMILES string of the molecule is CNC(=O)CCCCc1ccc(-c2ccccc2)cc1. The average Bonchev–Trinajstić information content (AvgIpc) is 2.52. The summed E-state index contributed by atoms with van der Waals surface area (Å²) >= 11 is 0. The summed E-state index contributed by atoms with van der Waals surface area (Å²) in [5.74, 6) is 0.129. The first kappa shape index (κ1) is 14.3. The van der Waals surface area contributed by atoms with Crippen LogP contribution in [0.25, 0.3) is 11.1 Å². The molecule has 2 nitrogen and oxygen atoms in total. The van der Waals surface area contributed by atoms with E-state index in [9.17, 15) is 4.79 Å². The lowest BCUT2D eigenvalue weighted by Crippen LogP contribution is -2.16. The molecule has 2 aromatic rings. The Balaban J connectivity index is 1.85. The van der Waals surface area contributed by atoms with Crippen LogP contribution in [0.5, 0.6) is 0 Å². The number of carbonyl (C=O) groups is 1. The van der Waals surface area contributed by atoms with Gasteiger partial charge in [0.15, 0.2) is 0 Å². The molecule has 0 fully saturated rings. The largest absolute Gasteiger partial charge is 0.359 e. The summed E-state index contributed by atoms with van der Waals surface area (Å²) in [6.07, 6.45) is 3.66. The lowest BCUT2D eigenvalue weighted by atomic mass is 10.0. The molecule has 0 radical (unpaired) electrons. The molecular weight excluding hydrogens is 246 g/mol. The number of unbranched alkanes of at least 4 members (excludes halogenated alkanes) is 1. The minimum absolute atomic E-state index is 0.129. The van der Waals surface area contributed by atoms with Crippen LogP contribution in [0.4, 0.5) is 0 Å². The van der Waals surface area contributed by atoms with Crippen LogP contribution >= 0.6 is 0 Å². The second-order valence-electron chi connectivity index (χ2n) is 4.94. The molecule has 0 aliphatic heterocycles. The van der Waals surface area contributed by atoms with Crippen molar-refractivity contribution in [2.75, 3.05) is 7.05 Å². The molecule has 20 heavy (non-hydrogen) atoms. The van der Waals surface area contributed by atoms with Crippen molar-refractivity contribution in [1.82, 2.24) is 5.32 Å². The Bertz CT molecular complexity index is 531. The molecule has 0 unspecified atom stereocenters. The summed E-state index contributed by atoms with van der Waals surface area (Å²) in [6.45, 7) is 0. The van der Waals surface area contributed by atoms with Gasteiger partial charge in [0.05, 0.1) is 0 Å². The van der Waals surface area contributed by atoms with Crippen molar-refractivity contribution in [2.24, 2.45) is 0 Å². The summed E-state index contributed by atoms with van der Waals surface area (Å²) in [5.41, 5.74) is 3.83. The number of carbonyl (C=O) groups excluding carboxylic acids is 1. The molecule has 1 amide bonds. The van der Waals surface area contributed by atoms with E-state index in [-0.39, 0.29) is 5.91 Å². The zero-order valence-electron chi connectivity index (χ0n) is 11.9. The summed E-state index contributed by atoms with van der Waals surface area (Å²) in [4.78, 5) is 11.1. The molecule has 2 heteroatoms. The van der Waals surface area contributed by atoms with E-state index in [1.807, 2.05) is 6.07 Å². The zero-order valence-corrected chi connectivity index (χ0v) is 11.9. The van der Waals surface area contributed by atoms with Gasteiger partial charge in [-0.2, -0.15) is 0 Å². The third kappa shape index (κ3) is 4.23. The van der Waals surface area contributed by atoms with Crippen molar-refractivity contribution < 1.29 is 4.79 Å². The molecular formula is C18H21NO. The number of nitrogens with one attached hydrogen (secondary N) is 1. The quantitative estimate of drug-likeness (QED) is 0.792. The van der Waals surface area contributed by atoms with Gasteiger partial charge in [-0.25, -0.2) is 0 Å². The van der Waals surface area contributed by atoms with Gasteiger partial charge < -0.3 is 5.32 Å². The molecule has 0 saturated carbocycles. The number of hydrogen-bond donors (Lipinski definition) is 1. The number of aryl methyl sites for hydroxylation is 1.